The zero-order valence-corrected chi connectivity index (χ0v) is 25.6. The zero-order chi connectivity index (χ0) is 29.3. The quantitative estimate of drug-likeness (QED) is 0.240. The van der Waals surface area contributed by atoms with Crippen molar-refractivity contribution in [2.75, 3.05) is 13.7 Å². The molecule has 3 atom stereocenters. The van der Waals surface area contributed by atoms with Gasteiger partial charge in [0.05, 0.1) is 32.3 Å². The lowest BCUT2D eigenvalue weighted by atomic mass is 9.97. The van der Waals surface area contributed by atoms with Gasteiger partial charge >= 0.3 is 12.1 Å². The Morgan fingerprint density at radius 3 is 1.90 bits per heavy atom. The van der Waals surface area contributed by atoms with E-state index in [4.69, 9.17) is 9.16 Å². The van der Waals surface area contributed by atoms with Crippen LogP contribution in [0.25, 0.3) is 0 Å². The Labute approximate surface area is 234 Å². The van der Waals surface area contributed by atoms with Gasteiger partial charge in [-0.2, -0.15) is 0 Å². The van der Waals surface area contributed by atoms with Crippen molar-refractivity contribution in [1.29, 1.82) is 0 Å². The maximum atomic E-state index is 12.8. The number of amides is 1. The number of rotatable bonds is 11. The van der Waals surface area contributed by atoms with Crippen LogP contribution >= 0.6 is 0 Å². The van der Waals surface area contributed by atoms with Crippen LogP contribution in [-0.4, -0.2) is 57.0 Å². The molecule has 0 aliphatic heterocycles. The molecule has 0 bridgehead atoms. The van der Waals surface area contributed by atoms with Crippen molar-refractivity contribution in [3.8, 4) is 0 Å². The van der Waals surface area contributed by atoms with E-state index in [9.17, 15) is 14.7 Å². The van der Waals surface area contributed by atoms with Gasteiger partial charge in [-0.25, -0.2) is 4.79 Å². The number of esters is 1. The van der Waals surface area contributed by atoms with Crippen LogP contribution in [-0.2, 0) is 18.7 Å². The van der Waals surface area contributed by atoms with Crippen molar-refractivity contribution in [3.63, 3.8) is 0 Å². The summed E-state index contributed by atoms with van der Waals surface area (Å²) in [5.41, 5.74) is -0.704. The molecule has 8 heteroatoms. The average Bonchev–Trinajstić information content (AvgIpc) is 2.87. The van der Waals surface area contributed by atoms with Crippen LogP contribution < -0.4 is 15.7 Å². The van der Waals surface area contributed by atoms with Crippen molar-refractivity contribution in [2.24, 2.45) is 5.92 Å². The predicted molar refractivity (Wildman–Crippen MR) is 158 cm³/mol. The van der Waals surface area contributed by atoms with Crippen LogP contribution in [0.5, 0.6) is 0 Å². The molecule has 0 aliphatic carbocycles. The Morgan fingerprint density at radius 1 is 0.949 bits per heavy atom. The van der Waals surface area contributed by atoms with E-state index in [0.717, 1.165) is 10.4 Å². The number of ether oxygens (including phenoxy) is 2. The van der Waals surface area contributed by atoms with Crippen LogP contribution in [0, 0.1) is 5.92 Å². The maximum absolute atomic E-state index is 12.8. The SMILES string of the molecule is COC(=O)C/C=C/[C@H](C)[C@H](O)[C@H](CO[Si](c1ccccc1)(c1ccccc1)C(C)(C)C)NC(=O)OC(C)(C)C. The average molecular weight is 556 g/mol. The Morgan fingerprint density at radius 2 is 1.46 bits per heavy atom. The van der Waals surface area contributed by atoms with Crippen LogP contribution in [0.2, 0.25) is 5.04 Å². The van der Waals surface area contributed by atoms with Gasteiger partial charge in [0.15, 0.2) is 0 Å². The number of nitrogens with one attached hydrogen (secondary N) is 1. The molecule has 2 rings (SSSR count). The largest absolute Gasteiger partial charge is 0.469 e. The molecule has 2 aromatic carbocycles. The number of aliphatic hydroxyl groups is 1. The van der Waals surface area contributed by atoms with Gasteiger partial charge in [-0.1, -0.05) is 101 Å². The number of carbonyl (C=O) groups excluding carboxylic acids is 2. The second kappa shape index (κ2) is 13.9. The highest BCUT2D eigenvalue weighted by molar-refractivity contribution is 6.99. The van der Waals surface area contributed by atoms with E-state index in [2.05, 4.69) is 55.1 Å². The Kier molecular flexibility index (Phi) is 11.5. The van der Waals surface area contributed by atoms with Gasteiger partial charge in [-0.05, 0) is 36.2 Å². The second-order valence-corrected chi connectivity index (χ2v) is 16.1. The number of methoxy groups -OCH3 is 1. The molecule has 39 heavy (non-hydrogen) atoms. The van der Waals surface area contributed by atoms with Crippen molar-refractivity contribution >= 4 is 30.8 Å². The first-order valence-electron chi connectivity index (χ1n) is 13.4. The molecule has 0 aromatic heterocycles. The lowest BCUT2D eigenvalue weighted by Gasteiger charge is -2.44. The van der Waals surface area contributed by atoms with Crippen molar-refractivity contribution in [1.82, 2.24) is 5.32 Å². The summed E-state index contributed by atoms with van der Waals surface area (Å²) in [5, 5.41) is 16.2. The van der Waals surface area contributed by atoms with Gasteiger partial charge in [-0.3, -0.25) is 4.79 Å². The summed E-state index contributed by atoms with van der Waals surface area (Å²) in [5.74, 6) is -0.760. The minimum absolute atomic E-state index is 0.0584. The third-order valence-corrected chi connectivity index (χ3v) is 11.5. The first kappa shape index (κ1) is 32.3. The molecule has 2 aromatic rings. The summed E-state index contributed by atoms with van der Waals surface area (Å²) in [6.45, 7) is 13.8. The van der Waals surface area contributed by atoms with Crippen LogP contribution in [0.4, 0.5) is 4.79 Å². The van der Waals surface area contributed by atoms with Crippen molar-refractivity contribution in [2.45, 2.75) is 77.7 Å². The molecule has 0 heterocycles. The lowest BCUT2D eigenvalue weighted by Crippen LogP contribution is -2.68. The Balaban J connectivity index is 2.47. The molecular formula is C31H45NO6Si. The van der Waals surface area contributed by atoms with Gasteiger partial charge in [0.25, 0.3) is 8.32 Å². The molecule has 2 N–H and O–H groups in total. The topological polar surface area (TPSA) is 94.1 Å². The molecule has 214 valence electrons. The fourth-order valence-corrected chi connectivity index (χ4v) is 9.19. The smallest absolute Gasteiger partial charge is 0.408 e. The molecular weight excluding hydrogens is 510 g/mol. The van der Waals surface area contributed by atoms with Crippen LogP contribution in [0.15, 0.2) is 72.8 Å². The summed E-state index contributed by atoms with van der Waals surface area (Å²) in [7, 11) is -1.59. The van der Waals surface area contributed by atoms with Gasteiger partial charge in [0.1, 0.15) is 5.60 Å². The highest BCUT2D eigenvalue weighted by Gasteiger charge is 2.50. The van der Waals surface area contributed by atoms with E-state index in [-0.39, 0.29) is 24.0 Å². The molecule has 0 spiro atoms. The highest BCUT2D eigenvalue weighted by Crippen LogP contribution is 2.37. The number of benzene rings is 2. The third-order valence-electron chi connectivity index (χ3n) is 6.50. The molecule has 7 nitrogen and oxygen atoms in total. The highest BCUT2D eigenvalue weighted by atomic mass is 28.4. The molecule has 0 radical (unpaired) electrons. The summed E-state index contributed by atoms with van der Waals surface area (Å²) in [4.78, 5) is 24.4. The summed E-state index contributed by atoms with van der Waals surface area (Å²) in [6, 6.07) is 19.6. The van der Waals surface area contributed by atoms with Gasteiger partial charge in [-0.15, -0.1) is 0 Å². The van der Waals surface area contributed by atoms with Gasteiger partial charge in [0, 0.05) is 5.92 Å². The van der Waals surface area contributed by atoms with E-state index in [1.165, 1.54) is 7.11 Å². The molecule has 1 amide bonds. The number of hydrogen-bond acceptors (Lipinski definition) is 6. The van der Waals surface area contributed by atoms with Crippen LogP contribution in [0.1, 0.15) is 54.9 Å². The molecule has 0 fully saturated rings. The minimum atomic E-state index is -2.92. The minimum Gasteiger partial charge on any atom is -0.469 e. The lowest BCUT2D eigenvalue weighted by molar-refractivity contribution is -0.139. The normalized spacial score (nSPS) is 14.9. The number of hydrogen-bond donors (Lipinski definition) is 2. The molecule has 0 saturated heterocycles. The van der Waals surface area contributed by atoms with E-state index < -0.39 is 38.1 Å². The van der Waals surface area contributed by atoms with Gasteiger partial charge < -0.3 is 24.3 Å². The predicted octanol–water partition coefficient (Wildman–Crippen LogP) is 4.57. The molecule has 0 aliphatic rings. The fourth-order valence-electron chi connectivity index (χ4n) is 4.60. The maximum Gasteiger partial charge on any atom is 0.408 e. The Hall–Kier alpha value is -2.94. The fraction of sp³-hybridized carbons (Fsp3) is 0.484. The number of alkyl carbamates (subject to hydrolysis) is 1. The zero-order valence-electron chi connectivity index (χ0n) is 24.6. The second-order valence-electron chi connectivity index (χ2n) is 11.8. The standard InChI is InChI=1S/C31H45NO6Si/c1-23(16-15-21-27(33)36-8)28(34)26(32-29(35)38-30(2,3)4)22-37-39(31(5,6)7,24-17-11-9-12-18-24)25-19-13-10-14-20-25/h9-20,23,26,28,34H,21-22H2,1-8H3,(H,32,35)/b16-15+/t23-,26-,28-/m0/s1. The van der Waals surface area contributed by atoms with E-state index in [0.29, 0.717) is 0 Å². The third kappa shape index (κ3) is 9.05. The van der Waals surface area contributed by atoms with Gasteiger partial charge in [0.2, 0.25) is 0 Å². The van der Waals surface area contributed by atoms with Crippen LogP contribution in [0.3, 0.4) is 0 Å². The van der Waals surface area contributed by atoms with E-state index >= 15 is 0 Å². The number of aliphatic hydroxyl groups excluding tert-OH is 1. The first-order valence-corrected chi connectivity index (χ1v) is 15.3. The molecule has 0 unspecified atom stereocenters. The first-order chi connectivity index (χ1) is 18.2. The summed E-state index contributed by atoms with van der Waals surface area (Å²) >= 11 is 0. The Bertz CT molecular complexity index is 1040. The monoisotopic (exact) mass is 555 g/mol. The van der Waals surface area contributed by atoms with E-state index in [1.807, 2.05) is 43.3 Å². The number of carbonyl (C=O) groups is 2. The van der Waals surface area contributed by atoms with Crippen molar-refractivity contribution < 1.29 is 28.6 Å². The summed E-state index contributed by atoms with van der Waals surface area (Å²) < 4.78 is 17.2. The summed E-state index contributed by atoms with van der Waals surface area (Å²) in [6.07, 6.45) is 1.85. The van der Waals surface area contributed by atoms with E-state index in [1.54, 1.807) is 32.9 Å². The molecule has 0 saturated carbocycles. The van der Waals surface area contributed by atoms with Crippen molar-refractivity contribution in [3.05, 3.63) is 72.8 Å².